The summed E-state index contributed by atoms with van der Waals surface area (Å²) < 4.78 is 5.40. The number of nitrogens with zero attached hydrogens (tertiary/aromatic N) is 2. The maximum Gasteiger partial charge on any atom is 0.182 e. The first-order chi connectivity index (χ1) is 8.69. The van der Waals surface area contributed by atoms with Gasteiger partial charge in [0.25, 0.3) is 0 Å². The number of benzene rings is 1. The van der Waals surface area contributed by atoms with Gasteiger partial charge in [-0.2, -0.15) is 0 Å². The summed E-state index contributed by atoms with van der Waals surface area (Å²) in [5.41, 5.74) is 0.698. The molecule has 0 atom stereocenters. The maximum atomic E-state index is 12.1. The van der Waals surface area contributed by atoms with E-state index < -0.39 is 0 Å². The third-order valence-corrected chi connectivity index (χ3v) is 2.75. The predicted octanol–water partition coefficient (Wildman–Crippen LogP) is 1.94. The molecule has 1 aromatic rings. The molecule has 0 radical (unpaired) electrons. The average molecular weight is 246 g/mol. The van der Waals surface area contributed by atoms with E-state index >= 15 is 0 Å². The fourth-order valence-electron chi connectivity index (χ4n) is 1.89. The number of carbonyl (C=O) groups excluding carboxylic acids is 1. The molecule has 0 saturated carbocycles. The number of rotatable bonds is 5. The van der Waals surface area contributed by atoms with Crippen LogP contribution >= 0.6 is 0 Å². The van der Waals surface area contributed by atoms with Crippen molar-refractivity contribution in [1.29, 1.82) is 0 Å². The Morgan fingerprint density at radius 3 is 2.89 bits per heavy atom. The van der Waals surface area contributed by atoms with Crippen LogP contribution in [0.3, 0.4) is 0 Å². The van der Waals surface area contributed by atoms with Gasteiger partial charge in [0.1, 0.15) is 5.75 Å². The molecule has 0 amide bonds. The zero-order chi connectivity index (χ0) is 13.0. The molecule has 0 bridgehead atoms. The van der Waals surface area contributed by atoms with Crippen LogP contribution in [0.1, 0.15) is 17.3 Å². The van der Waals surface area contributed by atoms with E-state index in [4.69, 9.17) is 4.74 Å². The van der Waals surface area contributed by atoms with Gasteiger partial charge in [-0.15, -0.1) is 0 Å². The van der Waals surface area contributed by atoms with E-state index in [-0.39, 0.29) is 5.78 Å². The van der Waals surface area contributed by atoms with E-state index in [0.717, 1.165) is 12.4 Å². The minimum absolute atomic E-state index is 0.108. The Morgan fingerprint density at radius 1 is 1.39 bits per heavy atom. The summed E-state index contributed by atoms with van der Waals surface area (Å²) in [5.74, 6) is 0.855. The van der Waals surface area contributed by atoms with Crippen molar-refractivity contribution < 1.29 is 9.53 Å². The van der Waals surface area contributed by atoms with Crippen molar-refractivity contribution in [2.24, 2.45) is 0 Å². The number of hydrogen-bond donors (Lipinski definition) is 0. The largest absolute Gasteiger partial charge is 0.494 e. The van der Waals surface area contributed by atoms with Gasteiger partial charge in [-0.25, -0.2) is 0 Å². The summed E-state index contributed by atoms with van der Waals surface area (Å²) >= 11 is 0. The molecule has 18 heavy (non-hydrogen) atoms. The Balaban J connectivity index is 2.00. The molecule has 0 fully saturated rings. The molecule has 1 aliphatic heterocycles. The normalized spacial score (nSPS) is 14.1. The van der Waals surface area contributed by atoms with Crippen molar-refractivity contribution in [2.45, 2.75) is 6.92 Å². The molecule has 0 aromatic heterocycles. The van der Waals surface area contributed by atoms with Crippen molar-refractivity contribution in [3.8, 4) is 5.75 Å². The van der Waals surface area contributed by atoms with Gasteiger partial charge in [0.05, 0.1) is 19.8 Å². The fourth-order valence-corrected chi connectivity index (χ4v) is 1.89. The average Bonchev–Trinajstić information content (AvgIpc) is 2.75. The topological polar surface area (TPSA) is 32.8 Å². The maximum absolute atomic E-state index is 12.1. The van der Waals surface area contributed by atoms with E-state index in [1.165, 1.54) is 0 Å². The number of hydrogen-bond acceptors (Lipinski definition) is 4. The molecule has 0 saturated heterocycles. The number of carbonyl (C=O) groups is 1. The molecule has 4 nitrogen and oxygen atoms in total. The molecule has 1 aliphatic rings. The highest BCUT2D eigenvalue weighted by molar-refractivity contribution is 5.98. The van der Waals surface area contributed by atoms with Gasteiger partial charge in [-0.3, -0.25) is 4.79 Å². The third-order valence-electron chi connectivity index (χ3n) is 2.75. The molecule has 96 valence electrons. The molecule has 0 spiro atoms. The fraction of sp³-hybridized carbons (Fsp3) is 0.357. The van der Waals surface area contributed by atoms with Gasteiger partial charge in [0.15, 0.2) is 5.78 Å². The first kappa shape index (κ1) is 12.5. The minimum Gasteiger partial charge on any atom is -0.494 e. The van der Waals surface area contributed by atoms with Crippen LogP contribution in [0.4, 0.5) is 0 Å². The summed E-state index contributed by atoms with van der Waals surface area (Å²) in [7, 11) is 1.98. The number of Topliss-reactive ketones (excluding diaryl/α,β-unsaturated/α-hetero) is 1. The lowest BCUT2D eigenvalue weighted by atomic mass is 10.1. The zero-order valence-corrected chi connectivity index (χ0v) is 10.8. The Kier molecular flexibility index (Phi) is 3.87. The van der Waals surface area contributed by atoms with E-state index in [9.17, 15) is 4.79 Å². The van der Waals surface area contributed by atoms with Gasteiger partial charge >= 0.3 is 0 Å². The highest BCUT2D eigenvalue weighted by atomic mass is 16.5. The Hall–Kier alpha value is -1.97. The molecule has 1 aromatic carbocycles. The van der Waals surface area contributed by atoms with Crippen LogP contribution in [-0.4, -0.2) is 42.5 Å². The second-order valence-electron chi connectivity index (χ2n) is 4.33. The smallest absolute Gasteiger partial charge is 0.182 e. The van der Waals surface area contributed by atoms with Crippen LogP contribution in [-0.2, 0) is 0 Å². The second-order valence-corrected chi connectivity index (χ2v) is 4.33. The predicted molar refractivity (Wildman–Crippen MR) is 70.4 cm³/mol. The van der Waals surface area contributed by atoms with Gasteiger partial charge in [-0.1, -0.05) is 12.1 Å². The van der Waals surface area contributed by atoms with Crippen molar-refractivity contribution in [3.05, 3.63) is 42.2 Å². The van der Waals surface area contributed by atoms with Crippen LogP contribution in [0, 0.1) is 0 Å². The van der Waals surface area contributed by atoms with E-state index in [2.05, 4.69) is 0 Å². The summed E-state index contributed by atoms with van der Waals surface area (Å²) in [5, 5.41) is 0. The van der Waals surface area contributed by atoms with Crippen LogP contribution < -0.4 is 4.74 Å². The SMILES string of the molecule is CCOc1cccc(C(=O)CN2C=CN(C)C2)c1. The Bertz CT molecular complexity index is 457. The van der Waals surface area contributed by atoms with E-state index in [1.54, 1.807) is 6.07 Å². The molecule has 0 N–H and O–H groups in total. The molecule has 1 heterocycles. The molecule has 0 aliphatic carbocycles. The highest BCUT2D eigenvalue weighted by Crippen LogP contribution is 2.15. The molecule has 0 unspecified atom stereocenters. The lowest BCUT2D eigenvalue weighted by molar-refractivity contribution is 0.0948. The standard InChI is InChI=1S/C14H18N2O2/c1-3-18-13-6-4-5-12(9-13)14(17)10-16-8-7-15(2)11-16/h4-9H,3,10-11H2,1-2H3. The second kappa shape index (κ2) is 5.58. The highest BCUT2D eigenvalue weighted by Gasteiger charge is 2.14. The van der Waals surface area contributed by atoms with Crippen LogP contribution in [0.25, 0.3) is 0 Å². The monoisotopic (exact) mass is 246 g/mol. The summed E-state index contributed by atoms with van der Waals surface area (Å²) in [6, 6.07) is 7.34. The molecule has 4 heteroatoms. The van der Waals surface area contributed by atoms with E-state index in [1.807, 2.05) is 54.4 Å². The number of ketones is 1. The first-order valence-corrected chi connectivity index (χ1v) is 6.07. The lowest BCUT2D eigenvalue weighted by Crippen LogP contribution is -2.28. The first-order valence-electron chi connectivity index (χ1n) is 6.07. The lowest BCUT2D eigenvalue weighted by Gasteiger charge is -2.17. The molecule has 2 rings (SSSR count). The van der Waals surface area contributed by atoms with Gasteiger partial charge in [0, 0.05) is 25.0 Å². The van der Waals surface area contributed by atoms with E-state index in [0.29, 0.717) is 18.7 Å². The summed E-state index contributed by atoms with van der Waals surface area (Å²) in [6.07, 6.45) is 3.90. The van der Waals surface area contributed by atoms with Gasteiger partial charge in [0.2, 0.25) is 0 Å². The Labute approximate surface area is 107 Å². The number of ether oxygens (including phenoxy) is 1. The van der Waals surface area contributed by atoms with Crippen LogP contribution in [0.5, 0.6) is 5.75 Å². The summed E-state index contributed by atoms with van der Waals surface area (Å²) in [4.78, 5) is 16.1. The van der Waals surface area contributed by atoms with Crippen molar-refractivity contribution in [3.63, 3.8) is 0 Å². The minimum atomic E-state index is 0.108. The summed E-state index contributed by atoms with van der Waals surface area (Å²) in [6.45, 7) is 3.70. The Morgan fingerprint density at radius 2 is 2.22 bits per heavy atom. The quantitative estimate of drug-likeness (QED) is 0.743. The van der Waals surface area contributed by atoms with Crippen LogP contribution in [0.2, 0.25) is 0 Å². The van der Waals surface area contributed by atoms with Gasteiger partial charge in [-0.05, 0) is 19.1 Å². The van der Waals surface area contributed by atoms with Crippen molar-refractivity contribution in [2.75, 3.05) is 26.9 Å². The molecular formula is C14H18N2O2. The van der Waals surface area contributed by atoms with Crippen molar-refractivity contribution >= 4 is 5.78 Å². The molecular weight excluding hydrogens is 228 g/mol. The zero-order valence-electron chi connectivity index (χ0n) is 10.8. The van der Waals surface area contributed by atoms with Crippen LogP contribution in [0.15, 0.2) is 36.7 Å². The van der Waals surface area contributed by atoms with Gasteiger partial charge < -0.3 is 14.5 Å². The van der Waals surface area contributed by atoms with Crippen molar-refractivity contribution in [1.82, 2.24) is 9.80 Å². The third kappa shape index (κ3) is 3.03.